The molecule has 6 heteroatoms. The Morgan fingerprint density at radius 3 is 1.89 bits per heavy atom. The van der Waals surface area contributed by atoms with Crippen molar-refractivity contribution >= 4 is 15.9 Å². The average Bonchev–Trinajstić information content (AvgIpc) is 2.35. The molecule has 0 aliphatic heterocycles. The van der Waals surface area contributed by atoms with Crippen molar-refractivity contribution in [2.45, 2.75) is 76.6 Å². The van der Waals surface area contributed by atoms with E-state index in [1.165, 1.54) is 26.2 Å². The molecule has 1 unspecified atom stereocenters. The monoisotopic (exact) mass is 294 g/mol. The average molecular weight is 294 g/mol. The minimum atomic E-state index is -4.76. The molecule has 19 heavy (non-hydrogen) atoms. The lowest BCUT2D eigenvalue weighted by atomic mass is 10.0. The van der Waals surface area contributed by atoms with Crippen molar-refractivity contribution in [2.75, 3.05) is 0 Å². The standard InChI is InChI=1S/C13H26O5S/c1-3-5-6-7-8-9-10-11-12(14)13(15,4-2)19(16,17)18/h15H,3-11H2,1-2H3,(H,16,17,18). The molecular weight excluding hydrogens is 268 g/mol. The van der Waals surface area contributed by atoms with Crippen LogP contribution in [0, 0.1) is 0 Å². The summed E-state index contributed by atoms with van der Waals surface area (Å²) in [5, 5.41) is 9.71. The maximum absolute atomic E-state index is 11.7. The van der Waals surface area contributed by atoms with E-state index < -0.39 is 20.8 Å². The summed E-state index contributed by atoms with van der Waals surface area (Å²) in [5.74, 6) is -0.814. The first kappa shape index (κ1) is 18.5. The molecule has 0 saturated heterocycles. The van der Waals surface area contributed by atoms with Crippen LogP contribution in [0.25, 0.3) is 0 Å². The Balaban J connectivity index is 4.04. The number of carbonyl (C=O) groups is 1. The van der Waals surface area contributed by atoms with Crippen LogP contribution in [0.1, 0.15) is 71.6 Å². The van der Waals surface area contributed by atoms with E-state index in [1.54, 1.807) is 0 Å². The summed E-state index contributed by atoms with van der Waals surface area (Å²) < 4.78 is 30.9. The normalized spacial score (nSPS) is 15.2. The number of rotatable bonds is 11. The van der Waals surface area contributed by atoms with Gasteiger partial charge in [0.1, 0.15) is 0 Å². The van der Waals surface area contributed by atoms with E-state index >= 15 is 0 Å². The van der Waals surface area contributed by atoms with E-state index in [1.807, 2.05) is 0 Å². The second-order valence-corrected chi connectivity index (χ2v) is 6.53. The van der Waals surface area contributed by atoms with Gasteiger partial charge in [-0.1, -0.05) is 52.4 Å². The SMILES string of the molecule is CCCCCCCCCC(=O)C(O)(CC)S(=O)(=O)O. The van der Waals surface area contributed by atoms with Gasteiger partial charge in [-0.2, -0.15) is 8.42 Å². The van der Waals surface area contributed by atoms with Crippen molar-refractivity contribution in [3.8, 4) is 0 Å². The summed E-state index contributed by atoms with van der Waals surface area (Å²) in [6.45, 7) is 3.50. The van der Waals surface area contributed by atoms with Gasteiger partial charge >= 0.3 is 10.1 Å². The van der Waals surface area contributed by atoms with Gasteiger partial charge in [-0.05, 0) is 12.8 Å². The van der Waals surface area contributed by atoms with Crippen molar-refractivity contribution in [3.05, 3.63) is 0 Å². The van der Waals surface area contributed by atoms with E-state index in [9.17, 15) is 18.3 Å². The van der Waals surface area contributed by atoms with Crippen molar-refractivity contribution < 1.29 is 22.9 Å². The summed E-state index contributed by atoms with van der Waals surface area (Å²) in [6.07, 6.45) is 6.70. The van der Waals surface area contributed by atoms with Gasteiger partial charge in [0, 0.05) is 6.42 Å². The van der Waals surface area contributed by atoms with Crippen LogP contribution in [-0.4, -0.2) is 28.8 Å². The maximum Gasteiger partial charge on any atom is 0.302 e. The Labute approximate surface area is 116 Å². The molecular formula is C13H26O5S. The second kappa shape index (κ2) is 8.66. The third-order valence-corrected chi connectivity index (χ3v) is 4.72. The Morgan fingerprint density at radius 2 is 1.47 bits per heavy atom. The molecule has 114 valence electrons. The molecule has 0 rings (SSSR count). The van der Waals surface area contributed by atoms with E-state index in [2.05, 4.69) is 6.92 Å². The quantitative estimate of drug-likeness (QED) is 0.451. The van der Waals surface area contributed by atoms with Crippen LogP contribution in [0.4, 0.5) is 0 Å². The van der Waals surface area contributed by atoms with Gasteiger partial charge in [-0.25, -0.2) is 0 Å². The minimum Gasteiger partial charge on any atom is -0.367 e. The highest BCUT2D eigenvalue weighted by Crippen LogP contribution is 2.22. The fourth-order valence-electron chi connectivity index (χ4n) is 1.96. The van der Waals surface area contributed by atoms with Crippen LogP contribution in [0.5, 0.6) is 0 Å². The Hall–Kier alpha value is -0.460. The lowest BCUT2D eigenvalue weighted by Crippen LogP contribution is -2.45. The van der Waals surface area contributed by atoms with Gasteiger partial charge in [-0.15, -0.1) is 0 Å². The topological polar surface area (TPSA) is 91.7 Å². The zero-order valence-electron chi connectivity index (χ0n) is 11.9. The summed E-state index contributed by atoms with van der Waals surface area (Å²) in [7, 11) is -4.76. The van der Waals surface area contributed by atoms with Crippen molar-refractivity contribution in [3.63, 3.8) is 0 Å². The largest absolute Gasteiger partial charge is 0.367 e. The van der Waals surface area contributed by atoms with Gasteiger partial charge < -0.3 is 5.11 Å². The summed E-state index contributed by atoms with van der Waals surface area (Å²) in [4.78, 5) is 9.06. The molecule has 0 saturated carbocycles. The molecule has 0 radical (unpaired) electrons. The molecule has 2 N–H and O–H groups in total. The summed E-state index contributed by atoms with van der Waals surface area (Å²) in [6, 6.07) is 0. The molecule has 1 atom stereocenters. The Morgan fingerprint density at radius 1 is 1.00 bits per heavy atom. The molecule has 0 aromatic carbocycles. The van der Waals surface area contributed by atoms with Crippen LogP contribution >= 0.6 is 0 Å². The smallest absolute Gasteiger partial charge is 0.302 e. The predicted octanol–water partition coefficient (Wildman–Crippen LogP) is 2.68. The number of aliphatic hydroxyl groups is 1. The lowest BCUT2D eigenvalue weighted by molar-refractivity contribution is -0.130. The fourth-order valence-corrected chi connectivity index (χ4v) is 2.72. The highest BCUT2D eigenvalue weighted by molar-refractivity contribution is 7.87. The van der Waals surface area contributed by atoms with Crippen molar-refractivity contribution in [2.24, 2.45) is 0 Å². The number of hydrogen-bond donors (Lipinski definition) is 2. The van der Waals surface area contributed by atoms with Gasteiger partial charge in [0.05, 0.1) is 0 Å². The molecule has 0 aliphatic carbocycles. The first-order valence-corrected chi connectivity index (χ1v) is 8.46. The van der Waals surface area contributed by atoms with Crippen LogP contribution in [0.3, 0.4) is 0 Å². The van der Waals surface area contributed by atoms with E-state index in [-0.39, 0.29) is 12.8 Å². The number of carbonyl (C=O) groups excluding carboxylic acids is 1. The van der Waals surface area contributed by atoms with Gasteiger partial charge in [0.25, 0.3) is 0 Å². The van der Waals surface area contributed by atoms with Crippen LogP contribution < -0.4 is 0 Å². The maximum atomic E-state index is 11.7. The zero-order valence-corrected chi connectivity index (χ0v) is 12.7. The first-order chi connectivity index (χ1) is 8.79. The van der Waals surface area contributed by atoms with Crippen LogP contribution in [0.2, 0.25) is 0 Å². The third kappa shape index (κ3) is 6.01. The summed E-state index contributed by atoms with van der Waals surface area (Å²) >= 11 is 0. The molecule has 0 amide bonds. The number of Topliss-reactive ketones (excluding diaryl/α,β-unsaturated/α-hetero) is 1. The highest BCUT2D eigenvalue weighted by Gasteiger charge is 2.45. The molecule has 0 spiro atoms. The van der Waals surface area contributed by atoms with E-state index in [4.69, 9.17) is 4.55 Å². The fraction of sp³-hybridized carbons (Fsp3) is 0.923. The first-order valence-electron chi connectivity index (χ1n) is 7.02. The molecule has 0 aromatic rings. The minimum absolute atomic E-state index is 0.0160. The molecule has 5 nitrogen and oxygen atoms in total. The molecule has 0 aliphatic rings. The Kier molecular flexibility index (Phi) is 8.45. The highest BCUT2D eigenvalue weighted by atomic mass is 32.2. The van der Waals surface area contributed by atoms with E-state index in [0.29, 0.717) is 6.42 Å². The molecule has 0 aromatic heterocycles. The molecule has 0 fully saturated rings. The zero-order chi connectivity index (χ0) is 14.9. The van der Waals surface area contributed by atoms with Crippen molar-refractivity contribution in [1.29, 1.82) is 0 Å². The number of unbranched alkanes of at least 4 members (excludes halogenated alkanes) is 6. The van der Waals surface area contributed by atoms with Gasteiger partial charge in [-0.3, -0.25) is 9.35 Å². The number of ketones is 1. The molecule has 0 bridgehead atoms. The molecule has 0 heterocycles. The van der Waals surface area contributed by atoms with Gasteiger partial charge in [0.15, 0.2) is 5.78 Å². The van der Waals surface area contributed by atoms with Crippen molar-refractivity contribution in [1.82, 2.24) is 0 Å². The van der Waals surface area contributed by atoms with Gasteiger partial charge in [0.2, 0.25) is 4.93 Å². The number of hydrogen-bond acceptors (Lipinski definition) is 4. The lowest BCUT2D eigenvalue weighted by Gasteiger charge is -2.21. The summed E-state index contributed by atoms with van der Waals surface area (Å²) in [5.41, 5.74) is 0. The van der Waals surface area contributed by atoms with Crippen LogP contribution in [0.15, 0.2) is 0 Å². The Bertz CT molecular complexity index is 363. The predicted molar refractivity (Wildman–Crippen MR) is 74.4 cm³/mol. The van der Waals surface area contributed by atoms with E-state index in [0.717, 1.165) is 19.3 Å². The van der Waals surface area contributed by atoms with Crippen LogP contribution in [-0.2, 0) is 14.9 Å². The second-order valence-electron chi connectivity index (χ2n) is 4.91. The third-order valence-electron chi connectivity index (χ3n) is 3.35.